The van der Waals surface area contributed by atoms with Crippen LogP contribution < -0.4 is 4.18 Å². The van der Waals surface area contributed by atoms with Crippen LogP contribution >= 0.6 is 0 Å². The number of hydrogen-bond acceptors (Lipinski definition) is 5. The van der Waals surface area contributed by atoms with Crippen LogP contribution in [0.25, 0.3) is 32.7 Å². The van der Waals surface area contributed by atoms with Crippen LogP contribution in [-0.2, 0) is 16.1 Å². The predicted octanol–water partition coefficient (Wildman–Crippen LogP) is 6.58. The quantitative estimate of drug-likeness (QED) is 0.148. The summed E-state index contributed by atoms with van der Waals surface area (Å²) in [6, 6.07) is 19.3. The van der Waals surface area contributed by atoms with Crippen molar-refractivity contribution in [2.24, 2.45) is 0 Å². The lowest BCUT2D eigenvalue weighted by atomic mass is 9.92. The van der Waals surface area contributed by atoms with Crippen LogP contribution in [0.4, 0.5) is 26.3 Å². The van der Waals surface area contributed by atoms with Gasteiger partial charge in [0.1, 0.15) is 5.75 Å². The van der Waals surface area contributed by atoms with Crippen LogP contribution in [0.15, 0.2) is 72.8 Å². The number of benzene rings is 4. The zero-order valence-corrected chi connectivity index (χ0v) is 20.4. The minimum Gasteiger partial charge on any atom is -0.462 e. The van der Waals surface area contributed by atoms with Crippen LogP contribution in [0.1, 0.15) is 16.8 Å². The van der Waals surface area contributed by atoms with Gasteiger partial charge in [-0.2, -0.15) is 30.6 Å². The Hall–Kier alpha value is -3.68. The third-order valence-electron chi connectivity index (χ3n) is 6.11. The fraction of sp³-hybridized carbons (Fsp3) is 0.192. The van der Waals surface area contributed by atoms with Crippen molar-refractivity contribution in [2.45, 2.75) is 24.4 Å². The second-order valence-corrected chi connectivity index (χ2v) is 9.01. The monoisotopic (exact) mass is 572 g/mol. The molecule has 0 aliphatic carbocycles. The molecule has 0 saturated heterocycles. The molecule has 0 aromatic heterocycles. The van der Waals surface area contributed by atoms with E-state index in [1.54, 1.807) is 48.5 Å². The molecule has 0 bridgehead atoms. The van der Waals surface area contributed by atoms with Crippen molar-refractivity contribution in [3.05, 3.63) is 78.4 Å². The molecular formula is C26H18F6O6S. The van der Waals surface area contributed by atoms with Gasteiger partial charge < -0.3 is 14.0 Å². The summed E-state index contributed by atoms with van der Waals surface area (Å²) in [5.74, 6) is -1.03. The summed E-state index contributed by atoms with van der Waals surface area (Å²) in [4.78, 5) is 12.7. The first kappa shape index (κ1) is 28.3. The zero-order valence-electron chi connectivity index (χ0n) is 19.5. The number of fused-ring (bicyclic) bond motifs is 2. The fourth-order valence-electron chi connectivity index (χ4n) is 4.19. The Labute approximate surface area is 219 Å². The molecular weight excluding hydrogens is 554 g/mol. The SMILES string of the molecule is O=C(OCCC(O)(C(F)(F)F)C(F)(F)F)c1ccc(-c2cccc3c(OS(=O)O)cccc23)c2ccccc12. The maximum Gasteiger partial charge on any atom is 0.426 e. The maximum atomic E-state index is 12.9. The Morgan fingerprint density at radius 2 is 1.28 bits per heavy atom. The zero-order chi connectivity index (χ0) is 28.6. The van der Waals surface area contributed by atoms with Gasteiger partial charge in [-0.15, -0.1) is 0 Å². The number of esters is 1. The van der Waals surface area contributed by atoms with Crippen molar-refractivity contribution in [1.29, 1.82) is 0 Å². The van der Waals surface area contributed by atoms with E-state index in [0.29, 0.717) is 32.7 Å². The standard InChI is InChI=1S/C26H18F6O6S/c27-25(28,29)24(34,26(30,31)32)13-14-37-23(33)21-12-11-19(15-5-1-2-6-18(15)21)16-7-3-9-20-17(16)8-4-10-22(20)38-39(35)36/h1-12,34H,13-14H2,(H,35,36). The normalized spacial score (nSPS) is 13.4. The van der Waals surface area contributed by atoms with E-state index < -0.39 is 48.3 Å². The van der Waals surface area contributed by atoms with Crippen LogP contribution in [0.2, 0.25) is 0 Å². The van der Waals surface area contributed by atoms with E-state index in [9.17, 15) is 40.5 Å². The van der Waals surface area contributed by atoms with Crippen molar-refractivity contribution in [2.75, 3.05) is 6.61 Å². The summed E-state index contributed by atoms with van der Waals surface area (Å²) in [6.45, 7) is -1.34. The number of carbonyl (C=O) groups excluding carboxylic acids is 1. The molecule has 0 aliphatic rings. The molecule has 0 spiro atoms. The first-order chi connectivity index (χ1) is 18.2. The first-order valence-electron chi connectivity index (χ1n) is 11.1. The molecule has 0 saturated carbocycles. The van der Waals surface area contributed by atoms with E-state index in [0.717, 1.165) is 0 Å². The highest BCUT2D eigenvalue weighted by Crippen LogP contribution is 2.45. The molecule has 1 unspecified atom stereocenters. The van der Waals surface area contributed by atoms with E-state index in [4.69, 9.17) is 13.5 Å². The first-order valence-corrected chi connectivity index (χ1v) is 12.1. The van der Waals surface area contributed by atoms with Crippen molar-refractivity contribution in [3.8, 4) is 16.9 Å². The van der Waals surface area contributed by atoms with E-state index in [-0.39, 0.29) is 11.3 Å². The third kappa shape index (κ3) is 5.42. The number of ether oxygens (including phenoxy) is 1. The molecule has 2 N–H and O–H groups in total. The van der Waals surface area contributed by atoms with E-state index >= 15 is 0 Å². The predicted molar refractivity (Wildman–Crippen MR) is 130 cm³/mol. The molecule has 0 aliphatic heterocycles. The molecule has 13 heteroatoms. The molecule has 206 valence electrons. The lowest BCUT2D eigenvalue weighted by Gasteiger charge is -2.32. The molecule has 6 nitrogen and oxygen atoms in total. The average Bonchev–Trinajstić information content (AvgIpc) is 2.86. The highest BCUT2D eigenvalue weighted by Gasteiger charge is 2.70. The molecule has 0 heterocycles. The van der Waals surface area contributed by atoms with Gasteiger partial charge in [-0.1, -0.05) is 60.7 Å². The lowest BCUT2D eigenvalue weighted by molar-refractivity contribution is -0.371. The van der Waals surface area contributed by atoms with Gasteiger partial charge in [0.05, 0.1) is 12.2 Å². The summed E-state index contributed by atoms with van der Waals surface area (Å²) < 4.78 is 108. The molecule has 1 atom stereocenters. The molecule has 39 heavy (non-hydrogen) atoms. The summed E-state index contributed by atoms with van der Waals surface area (Å²) in [7, 11) is 0. The van der Waals surface area contributed by atoms with Crippen LogP contribution in [0, 0.1) is 0 Å². The highest BCUT2D eigenvalue weighted by atomic mass is 32.2. The highest BCUT2D eigenvalue weighted by molar-refractivity contribution is 7.74. The van der Waals surface area contributed by atoms with Crippen LogP contribution in [0.5, 0.6) is 5.75 Å². The van der Waals surface area contributed by atoms with Crippen molar-refractivity contribution in [1.82, 2.24) is 0 Å². The Bertz CT molecular complexity index is 1550. The summed E-state index contributed by atoms with van der Waals surface area (Å²) in [5.41, 5.74) is -3.89. The largest absolute Gasteiger partial charge is 0.462 e. The smallest absolute Gasteiger partial charge is 0.426 e. The molecule has 4 aromatic rings. The Morgan fingerprint density at radius 3 is 1.92 bits per heavy atom. The number of carbonyl (C=O) groups is 1. The van der Waals surface area contributed by atoms with Gasteiger partial charge in [-0.25, -0.2) is 4.79 Å². The van der Waals surface area contributed by atoms with Gasteiger partial charge in [-0.05, 0) is 39.4 Å². The summed E-state index contributed by atoms with van der Waals surface area (Å²) in [5, 5.41) is 11.3. The van der Waals surface area contributed by atoms with Gasteiger partial charge in [-0.3, -0.25) is 4.55 Å². The number of rotatable bonds is 7. The van der Waals surface area contributed by atoms with Crippen LogP contribution in [-0.4, -0.2) is 44.4 Å². The average molecular weight is 572 g/mol. The minimum absolute atomic E-state index is 0.114. The Kier molecular flexibility index (Phi) is 7.61. The maximum absolute atomic E-state index is 12.9. The van der Waals surface area contributed by atoms with Crippen molar-refractivity contribution < 1.29 is 53.9 Å². The lowest BCUT2D eigenvalue weighted by Crippen LogP contribution is -2.57. The molecule has 4 aromatic carbocycles. The van der Waals surface area contributed by atoms with Gasteiger partial charge in [0.15, 0.2) is 0 Å². The number of alkyl halides is 6. The summed E-state index contributed by atoms with van der Waals surface area (Å²) >= 11 is -2.56. The van der Waals surface area contributed by atoms with Gasteiger partial charge >= 0.3 is 29.7 Å². The van der Waals surface area contributed by atoms with E-state index in [2.05, 4.69) is 0 Å². The molecule has 0 fully saturated rings. The Balaban J connectivity index is 1.70. The topological polar surface area (TPSA) is 93.1 Å². The van der Waals surface area contributed by atoms with Gasteiger partial charge in [0, 0.05) is 11.8 Å². The van der Waals surface area contributed by atoms with Crippen molar-refractivity contribution >= 4 is 38.9 Å². The summed E-state index contributed by atoms with van der Waals surface area (Å²) in [6.07, 6.45) is -14.0. The van der Waals surface area contributed by atoms with E-state index in [1.165, 1.54) is 24.3 Å². The molecule has 0 radical (unpaired) electrons. The number of aliphatic hydroxyl groups is 1. The van der Waals surface area contributed by atoms with Crippen molar-refractivity contribution in [3.63, 3.8) is 0 Å². The van der Waals surface area contributed by atoms with Gasteiger partial charge in [0.2, 0.25) is 0 Å². The fourth-order valence-corrected chi connectivity index (χ4v) is 4.49. The number of halogens is 6. The molecule has 4 rings (SSSR count). The van der Waals surface area contributed by atoms with Gasteiger partial charge in [0.25, 0.3) is 5.60 Å². The second-order valence-electron chi connectivity index (χ2n) is 8.41. The van der Waals surface area contributed by atoms with Crippen LogP contribution in [0.3, 0.4) is 0 Å². The van der Waals surface area contributed by atoms with E-state index in [1.807, 2.05) is 0 Å². The Morgan fingerprint density at radius 1 is 0.744 bits per heavy atom. The third-order valence-corrected chi connectivity index (χ3v) is 6.43. The molecule has 0 amide bonds. The minimum atomic E-state index is -6.03. The number of hydrogen-bond donors (Lipinski definition) is 2. The second kappa shape index (κ2) is 10.5.